The second kappa shape index (κ2) is 9.13. The molecule has 1 aliphatic heterocycles. The molecular weight excluding hydrogens is 440 g/mol. The van der Waals surface area contributed by atoms with Gasteiger partial charge in [0, 0.05) is 18.7 Å². The number of carbonyl (C=O) groups is 1. The van der Waals surface area contributed by atoms with Crippen molar-refractivity contribution >= 4 is 21.7 Å². The van der Waals surface area contributed by atoms with Gasteiger partial charge in [0.25, 0.3) is 5.69 Å². The molecule has 0 radical (unpaired) electrons. The summed E-state index contributed by atoms with van der Waals surface area (Å²) >= 11 is 0. The molecule has 0 spiro atoms. The first kappa shape index (κ1) is 23.5. The summed E-state index contributed by atoms with van der Waals surface area (Å²) in [6.07, 6.45) is 0.132. The van der Waals surface area contributed by atoms with Crippen molar-refractivity contribution in [1.29, 1.82) is 0 Å². The number of ether oxygens (including phenoxy) is 3. The Morgan fingerprint density at radius 1 is 1.16 bits per heavy atom. The number of methoxy groups -OCH3 is 3. The number of non-ortho nitro benzene ring substituents is 1. The van der Waals surface area contributed by atoms with E-state index in [-0.39, 0.29) is 23.5 Å². The van der Waals surface area contributed by atoms with Crippen molar-refractivity contribution in [3.8, 4) is 11.5 Å². The Kier molecular flexibility index (Phi) is 6.70. The SMILES string of the molecule is COC(=O)C[C@@H]1c2cc(OC)c(OC)cc2CCN1S(=O)(=O)c1cc([N+](=O)[O-])ccc1C. The Hall–Kier alpha value is -3.18. The number of nitro benzene ring substituents is 1. The topological polar surface area (TPSA) is 125 Å². The smallest absolute Gasteiger partial charge is 0.307 e. The minimum absolute atomic E-state index is 0.0780. The van der Waals surface area contributed by atoms with Crippen LogP contribution >= 0.6 is 0 Å². The summed E-state index contributed by atoms with van der Waals surface area (Å²) in [6, 6.07) is 6.23. The molecule has 11 heteroatoms. The molecule has 172 valence electrons. The monoisotopic (exact) mass is 464 g/mol. The van der Waals surface area contributed by atoms with Crippen molar-refractivity contribution in [2.45, 2.75) is 30.7 Å². The second-order valence-corrected chi connectivity index (χ2v) is 9.13. The molecule has 0 unspecified atom stereocenters. The fourth-order valence-corrected chi connectivity index (χ4v) is 5.70. The predicted octanol–water partition coefficient (Wildman–Crippen LogP) is 2.77. The summed E-state index contributed by atoms with van der Waals surface area (Å²) in [5.74, 6) is 0.300. The molecule has 32 heavy (non-hydrogen) atoms. The van der Waals surface area contributed by atoms with Gasteiger partial charge in [0.05, 0.1) is 43.6 Å². The third-order valence-electron chi connectivity index (χ3n) is 5.51. The van der Waals surface area contributed by atoms with E-state index in [9.17, 15) is 23.3 Å². The highest BCUT2D eigenvalue weighted by Crippen LogP contribution is 2.42. The zero-order valence-corrected chi connectivity index (χ0v) is 19.0. The standard InChI is InChI=1S/C21H24N2O8S/c1-13-5-6-15(23(25)26)10-20(13)32(27,28)22-8-7-14-9-18(29-2)19(30-3)11-16(14)17(22)12-21(24)31-4/h5-6,9-11,17H,7-8,12H2,1-4H3/t17-/m1/s1. The van der Waals surface area contributed by atoms with E-state index in [1.807, 2.05) is 0 Å². The number of carbonyl (C=O) groups excluding carboxylic acids is 1. The van der Waals surface area contributed by atoms with E-state index in [0.717, 1.165) is 11.6 Å². The third-order valence-corrected chi connectivity index (χ3v) is 7.56. The van der Waals surface area contributed by atoms with Crippen LogP contribution in [0.2, 0.25) is 0 Å². The highest BCUT2D eigenvalue weighted by molar-refractivity contribution is 7.89. The van der Waals surface area contributed by atoms with E-state index in [4.69, 9.17) is 14.2 Å². The van der Waals surface area contributed by atoms with E-state index in [0.29, 0.717) is 29.0 Å². The van der Waals surface area contributed by atoms with E-state index in [1.54, 1.807) is 19.1 Å². The minimum atomic E-state index is -4.18. The lowest BCUT2D eigenvalue weighted by molar-refractivity contribution is -0.385. The second-order valence-electron chi connectivity index (χ2n) is 7.27. The molecule has 1 atom stereocenters. The van der Waals surface area contributed by atoms with Gasteiger partial charge in [0.1, 0.15) is 0 Å². The average molecular weight is 464 g/mol. The Labute approximate surface area is 185 Å². The summed E-state index contributed by atoms with van der Waals surface area (Å²) in [6.45, 7) is 1.65. The number of hydrogen-bond donors (Lipinski definition) is 0. The first-order chi connectivity index (χ1) is 15.1. The largest absolute Gasteiger partial charge is 0.493 e. The molecular formula is C21H24N2O8S. The average Bonchev–Trinajstić information content (AvgIpc) is 2.77. The van der Waals surface area contributed by atoms with Gasteiger partial charge in [0.2, 0.25) is 10.0 Å². The van der Waals surface area contributed by atoms with Gasteiger partial charge in [-0.2, -0.15) is 4.31 Å². The molecule has 0 aliphatic carbocycles. The Morgan fingerprint density at radius 3 is 2.41 bits per heavy atom. The number of fused-ring (bicyclic) bond motifs is 1. The molecule has 0 N–H and O–H groups in total. The van der Waals surface area contributed by atoms with Gasteiger partial charge in [-0.15, -0.1) is 0 Å². The van der Waals surface area contributed by atoms with Crippen molar-refractivity contribution < 1.29 is 32.3 Å². The molecule has 0 fully saturated rings. The highest BCUT2D eigenvalue weighted by Gasteiger charge is 2.39. The molecule has 0 aromatic heterocycles. The Morgan fingerprint density at radius 2 is 1.81 bits per heavy atom. The van der Waals surface area contributed by atoms with Gasteiger partial charge in [0.15, 0.2) is 11.5 Å². The van der Waals surface area contributed by atoms with E-state index in [1.165, 1.54) is 37.8 Å². The first-order valence-corrected chi connectivity index (χ1v) is 11.2. The lowest BCUT2D eigenvalue weighted by Crippen LogP contribution is -2.41. The van der Waals surface area contributed by atoms with Gasteiger partial charge in [-0.1, -0.05) is 6.07 Å². The maximum Gasteiger partial charge on any atom is 0.307 e. The molecule has 0 saturated carbocycles. The van der Waals surface area contributed by atoms with Crippen LogP contribution in [0.25, 0.3) is 0 Å². The van der Waals surface area contributed by atoms with Crippen LogP contribution in [0, 0.1) is 17.0 Å². The summed E-state index contributed by atoms with van der Waals surface area (Å²) < 4.78 is 44.0. The van der Waals surface area contributed by atoms with Crippen molar-refractivity contribution in [3.05, 3.63) is 57.1 Å². The van der Waals surface area contributed by atoms with Crippen molar-refractivity contribution in [2.24, 2.45) is 0 Å². The highest BCUT2D eigenvalue weighted by atomic mass is 32.2. The van der Waals surface area contributed by atoms with Gasteiger partial charge in [-0.3, -0.25) is 14.9 Å². The Balaban J connectivity index is 2.16. The summed E-state index contributed by atoms with van der Waals surface area (Å²) in [4.78, 5) is 22.6. The summed E-state index contributed by atoms with van der Waals surface area (Å²) in [5, 5.41) is 11.2. The molecule has 2 aromatic rings. The van der Waals surface area contributed by atoms with Crippen LogP contribution in [0.5, 0.6) is 11.5 Å². The van der Waals surface area contributed by atoms with Crippen LogP contribution in [0.4, 0.5) is 5.69 Å². The van der Waals surface area contributed by atoms with Crippen molar-refractivity contribution in [1.82, 2.24) is 4.31 Å². The van der Waals surface area contributed by atoms with Gasteiger partial charge >= 0.3 is 5.97 Å². The van der Waals surface area contributed by atoms with Gasteiger partial charge in [-0.25, -0.2) is 8.42 Å². The third kappa shape index (κ3) is 4.26. The van der Waals surface area contributed by atoms with Crippen LogP contribution in [-0.4, -0.2) is 51.5 Å². The molecule has 10 nitrogen and oxygen atoms in total. The van der Waals surface area contributed by atoms with Crippen LogP contribution in [-0.2, 0) is 26.0 Å². The van der Waals surface area contributed by atoms with Crippen molar-refractivity contribution in [2.75, 3.05) is 27.9 Å². The van der Waals surface area contributed by atoms with Crippen LogP contribution in [0.1, 0.15) is 29.2 Å². The number of nitro groups is 1. The number of nitrogens with zero attached hydrogens (tertiary/aromatic N) is 2. The maximum atomic E-state index is 13.6. The number of benzene rings is 2. The molecule has 0 amide bonds. The predicted molar refractivity (Wildman–Crippen MR) is 114 cm³/mol. The molecule has 0 saturated heterocycles. The lowest BCUT2D eigenvalue weighted by Gasteiger charge is -2.36. The normalized spacial score (nSPS) is 16.2. The minimum Gasteiger partial charge on any atom is -0.493 e. The maximum absolute atomic E-state index is 13.6. The number of sulfonamides is 1. The summed E-state index contributed by atoms with van der Waals surface area (Å²) in [5.41, 5.74) is 1.44. The number of hydrogen-bond acceptors (Lipinski definition) is 8. The zero-order valence-electron chi connectivity index (χ0n) is 18.2. The number of rotatable bonds is 7. The lowest BCUT2D eigenvalue weighted by atomic mass is 9.91. The molecule has 2 aromatic carbocycles. The van der Waals surface area contributed by atoms with E-state index in [2.05, 4.69) is 0 Å². The van der Waals surface area contributed by atoms with Crippen LogP contribution < -0.4 is 9.47 Å². The van der Waals surface area contributed by atoms with Gasteiger partial charge in [-0.05, 0) is 42.2 Å². The molecule has 3 rings (SSSR count). The number of aryl methyl sites for hydroxylation is 1. The molecule has 0 bridgehead atoms. The first-order valence-electron chi connectivity index (χ1n) is 9.72. The fraction of sp³-hybridized carbons (Fsp3) is 0.381. The molecule has 1 aliphatic rings. The zero-order chi connectivity index (χ0) is 23.6. The fourth-order valence-electron chi connectivity index (χ4n) is 3.85. The molecule has 1 heterocycles. The quantitative estimate of drug-likeness (QED) is 0.348. The van der Waals surface area contributed by atoms with Crippen LogP contribution in [0.15, 0.2) is 35.2 Å². The van der Waals surface area contributed by atoms with Crippen LogP contribution in [0.3, 0.4) is 0 Å². The van der Waals surface area contributed by atoms with E-state index < -0.39 is 27.0 Å². The van der Waals surface area contributed by atoms with E-state index >= 15 is 0 Å². The van der Waals surface area contributed by atoms with Crippen molar-refractivity contribution in [3.63, 3.8) is 0 Å². The summed E-state index contributed by atoms with van der Waals surface area (Å²) in [7, 11) is 0.00826. The Bertz CT molecular complexity index is 1160. The van der Waals surface area contributed by atoms with Gasteiger partial charge < -0.3 is 14.2 Å². The number of esters is 1.